The number of hydrogen-bond acceptors (Lipinski definition) is 3. The van der Waals surface area contributed by atoms with Crippen molar-refractivity contribution in [3.63, 3.8) is 0 Å². The van der Waals surface area contributed by atoms with Crippen LogP contribution in [0.25, 0.3) is 0 Å². The highest BCUT2D eigenvalue weighted by Crippen LogP contribution is 2.48. The summed E-state index contributed by atoms with van der Waals surface area (Å²) >= 11 is 4.38. The topological polar surface area (TPSA) is 37.4 Å². The van der Waals surface area contributed by atoms with Gasteiger partial charge < -0.3 is 0 Å². The van der Waals surface area contributed by atoms with E-state index in [2.05, 4.69) is 26.5 Å². The molecular weight excluding hydrogens is 222 g/mol. The SMILES string of the molecule is CCC(CC)(CS)CN1C(=O)C2CC2C1=O. The summed E-state index contributed by atoms with van der Waals surface area (Å²) in [5.41, 5.74) is 0.00517. The van der Waals surface area contributed by atoms with Gasteiger partial charge in [0.25, 0.3) is 0 Å². The van der Waals surface area contributed by atoms with Crippen molar-refractivity contribution in [2.75, 3.05) is 12.3 Å². The fraction of sp³-hybridized carbons (Fsp3) is 0.833. The van der Waals surface area contributed by atoms with E-state index in [1.165, 1.54) is 4.90 Å². The molecule has 2 amide bonds. The van der Waals surface area contributed by atoms with Crippen LogP contribution in [0.5, 0.6) is 0 Å². The predicted molar refractivity (Wildman–Crippen MR) is 65.2 cm³/mol. The molecule has 2 aliphatic rings. The highest BCUT2D eigenvalue weighted by atomic mass is 32.1. The molecule has 0 bridgehead atoms. The van der Waals surface area contributed by atoms with E-state index in [9.17, 15) is 9.59 Å². The number of piperidine rings is 1. The molecule has 0 N–H and O–H groups in total. The minimum absolute atomic E-state index is 0.00517. The van der Waals surface area contributed by atoms with E-state index in [-0.39, 0.29) is 29.1 Å². The van der Waals surface area contributed by atoms with Crippen LogP contribution in [0.3, 0.4) is 0 Å². The van der Waals surface area contributed by atoms with Gasteiger partial charge in [0.2, 0.25) is 11.8 Å². The number of thiol groups is 1. The van der Waals surface area contributed by atoms with Gasteiger partial charge in [-0.25, -0.2) is 0 Å². The van der Waals surface area contributed by atoms with Crippen molar-refractivity contribution in [3.05, 3.63) is 0 Å². The van der Waals surface area contributed by atoms with E-state index in [0.717, 1.165) is 25.0 Å². The second-order valence-electron chi connectivity index (χ2n) is 5.08. The summed E-state index contributed by atoms with van der Waals surface area (Å²) < 4.78 is 0. The summed E-state index contributed by atoms with van der Waals surface area (Å²) in [4.78, 5) is 25.2. The van der Waals surface area contributed by atoms with E-state index < -0.39 is 0 Å². The Hall–Kier alpha value is -0.510. The number of carbonyl (C=O) groups is 2. The normalized spacial score (nSPS) is 28.6. The second kappa shape index (κ2) is 4.06. The van der Waals surface area contributed by atoms with E-state index >= 15 is 0 Å². The van der Waals surface area contributed by atoms with Crippen LogP contribution in [0, 0.1) is 17.3 Å². The highest BCUT2D eigenvalue weighted by molar-refractivity contribution is 7.80. The first-order valence-corrected chi connectivity index (χ1v) is 6.68. The zero-order valence-corrected chi connectivity index (χ0v) is 10.8. The molecule has 0 aromatic heterocycles. The van der Waals surface area contributed by atoms with Crippen molar-refractivity contribution in [1.82, 2.24) is 4.90 Å². The molecule has 4 heteroatoms. The van der Waals surface area contributed by atoms with Crippen LogP contribution in [0.15, 0.2) is 0 Å². The number of imide groups is 1. The lowest BCUT2D eigenvalue weighted by Gasteiger charge is -2.34. The number of likely N-dealkylation sites (tertiary alicyclic amines) is 1. The third kappa shape index (κ3) is 1.67. The van der Waals surface area contributed by atoms with Crippen molar-refractivity contribution >= 4 is 24.4 Å². The summed E-state index contributed by atoms with van der Waals surface area (Å²) in [5.74, 6) is 0.899. The first-order valence-electron chi connectivity index (χ1n) is 6.04. The fourth-order valence-corrected chi connectivity index (χ4v) is 3.04. The maximum atomic E-state index is 11.9. The molecule has 0 aromatic carbocycles. The molecule has 1 heterocycles. The fourth-order valence-electron chi connectivity index (χ4n) is 2.49. The molecule has 90 valence electrons. The van der Waals surface area contributed by atoms with Gasteiger partial charge in [-0.3, -0.25) is 14.5 Å². The molecule has 0 radical (unpaired) electrons. The zero-order valence-electron chi connectivity index (χ0n) is 9.90. The Kier molecular flexibility index (Phi) is 3.03. The Labute approximate surface area is 102 Å². The maximum Gasteiger partial charge on any atom is 0.233 e. The number of fused-ring (bicyclic) bond motifs is 1. The maximum absolute atomic E-state index is 11.9. The largest absolute Gasteiger partial charge is 0.282 e. The molecule has 1 saturated carbocycles. The number of amides is 2. The Morgan fingerprint density at radius 1 is 1.25 bits per heavy atom. The summed E-state index contributed by atoms with van der Waals surface area (Å²) in [7, 11) is 0. The van der Waals surface area contributed by atoms with Gasteiger partial charge in [-0.15, -0.1) is 0 Å². The Bertz CT molecular complexity index is 297. The van der Waals surface area contributed by atoms with Crippen LogP contribution in [-0.4, -0.2) is 29.0 Å². The second-order valence-corrected chi connectivity index (χ2v) is 5.39. The van der Waals surface area contributed by atoms with E-state index in [0.29, 0.717) is 6.54 Å². The minimum atomic E-state index is 0.00517. The van der Waals surface area contributed by atoms with Gasteiger partial charge in [0.15, 0.2) is 0 Å². The van der Waals surface area contributed by atoms with Gasteiger partial charge in [0.05, 0.1) is 11.8 Å². The molecule has 3 nitrogen and oxygen atoms in total. The van der Waals surface area contributed by atoms with Crippen LogP contribution in [0.1, 0.15) is 33.1 Å². The molecule has 0 aromatic rings. The van der Waals surface area contributed by atoms with Crippen molar-refractivity contribution in [1.29, 1.82) is 0 Å². The number of rotatable bonds is 5. The molecule has 2 unspecified atom stereocenters. The lowest BCUT2D eigenvalue weighted by molar-refractivity contribution is -0.143. The molecule has 16 heavy (non-hydrogen) atoms. The van der Waals surface area contributed by atoms with Crippen molar-refractivity contribution in [2.45, 2.75) is 33.1 Å². The van der Waals surface area contributed by atoms with E-state index in [1.807, 2.05) is 0 Å². The first kappa shape index (κ1) is 12.0. The van der Waals surface area contributed by atoms with Crippen LogP contribution < -0.4 is 0 Å². The van der Waals surface area contributed by atoms with Crippen LogP contribution in [0.2, 0.25) is 0 Å². The summed E-state index contributed by atoms with van der Waals surface area (Å²) in [6, 6.07) is 0. The predicted octanol–water partition coefficient (Wildman–Crippen LogP) is 1.73. The number of hydrogen-bond donors (Lipinski definition) is 1. The van der Waals surface area contributed by atoms with Gasteiger partial charge in [0.1, 0.15) is 0 Å². The average Bonchev–Trinajstić information content (AvgIpc) is 3.06. The van der Waals surface area contributed by atoms with Crippen LogP contribution >= 0.6 is 12.6 Å². The Morgan fingerprint density at radius 2 is 1.75 bits per heavy atom. The van der Waals surface area contributed by atoms with Crippen molar-refractivity contribution in [3.8, 4) is 0 Å². The number of nitrogens with zero attached hydrogens (tertiary/aromatic N) is 1. The lowest BCUT2D eigenvalue weighted by atomic mass is 9.84. The first-order chi connectivity index (χ1) is 7.58. The van der Waals surface area contributed by atoms with Gasteiger partial charge >= 0.3 is 0 Å². The molecule has 2 rings (SSSR count). The third-order valence-corrected chi connectivity index (χ3v) is 4.96. The molecule has 2 fully saturated rings. The minimum Gasteiger partial charge on any atom is -0.282 e. The summed E-state index contributed by atoms with van der Waals surface area (Å²) in [6.07, 6.45) is 2.71. The molecular formula is C12H19NO2S. The van der Waals surface area contributed by atoms with Gasteiger partial charge in [-0.2, -0.15) is 12.6 Å². The molecule has 2 atom stereocenters. The van der Waals surface area contributed by atoms with Gasteiger partial charge in [-0.1, -0.05) is 13.8 Å². The van der Waals surface area contributed by atoms with Gasteiger partial charge in [-0.05, 0) is 30.4 Å². The standard InChI is InChI=1S/C12H19NO2S/c1-3-12(4-2,7-16)6-13-10(14)8-5-9(8)11(13)15/h8-9,16H,3-7H2,1-2H3. The van der Waals surface area contributed by atoms with E-state index in [1.54, 1.807) is 0 Å². The van der Waals surface area contributed by atoms with Crippen LogP contribution in [-0.2, 0) is 9.59 Å². The van der Waals surface area contributed by atoms with E-state index in [4.69, 9.17) is 0 Å². The lowest BCUT2D eigenvalue weighted by Crippen LogP contribution is -2.43. The van der Waals surface area contributed by atoms with Crippen molar-refractivity contribution < 1.29 is 9.59 Å². The van der Waals surface area contributed by atoms with Gasteiger partial charge in [0, 0.05) is 6.54 Å². The number of carbonyl (C=O) groups excluding carboxylic acids is 2. The van der Waals surface area contributed by atoms with Crippen LogP contribution in [0.4, 0.5) is 0 Å². The molecule has 1 aliphatic heterocycles. The average molecular weight is 241 g/mol. The quantitative estimate of drug-likeness (QED) is 0.588. The smallest absolute Gasteiger partial charge is 0.233 e. The highest BCUT2D eigenvalue weighted by Gasteiger charge is 2.59. The van der Waals surface area contributed by atoms with Crippen molar-refractivity contribution in [2.24, 2.45) is 17.3 Å². The summed E-state index contributed by atoms with van der Waals surface area (Å²) in [5, 5.41) is 0. The molecule has 1 saturated heterocycles. The third-order valence-electron chi connectivity index (χ3n) is 4.29. The Balaban J connectivity index is 2.09. The Morgan fingerprint density at radius 3 is 2.12 bits per heavy atom. The molecule has 1 aliphatic carbocycles. The molecule has 0 spiro atoms. The summed E-state index contributed by atoms with van der Waals surface area (Å²) in [6.45, 7) is 4.77. The monoisotopic (exact) mass is 241 g/mol. The zero-order chi connectivity index (χ0) is 11.9.